The first-order chi connectivity index (χ1) is 5.85. The van der Waals surface area contributed by atoms with Gasteiger partial charge in [-0.1, -0.05) is 22.4 Å². The summed E-state index contributed by atoms with van der Waals surface area (Å²) in [5.74, 6) is 0. The molecule has 0 saturated heterocycles. The molecule has 0 aliphatic heterocycles. The maximum Gasteiger partial charge on any atom is 0.0930 e. The molecule has 1 saturated carbocycles. The molecule has 66 valence electrons. The minimum atomic E-state index is 0.553. The highest BCUT2D eigenvalue weighted by Gasteiger charge is 2.36. The predicted octanol–water partition coefficient (Wildman–Crippen LogP) is 3.25. The summed E-state index contributed by atoms with van der Waals surface area (Å²) in [5, 5.41) is 4.50. The van der Waals surface area contributed by atoms with Crippen molar-refractivity contribution in [2.24, 2.45) is 5.41 Å². The number of alkyl halides is 1. The third-order valence-corrected chi connectivity index (χ3v) is 4.68. The Morgan fingerprint density at radius 3 is 2.83 bits per heavy atom. The Hall–Kier alpha value is 0.110. The number of nitrogens with zero attached hydrogens (tertiary/aromatic N) is 1. The zero-order valence-electron chi connectivity index (χ0n) is 6.92. The maximum atomic E-state index is 4.33. The molecule has 0 radical (unpaired) electrons. The highest BCUT2D eigenvalue weighted by Crippen LogP contribution is 2.45. The van der Waals surface area contributed by atoms with Crippen LogP contribution < -0.4 is 0 Å². The first kappa shape index (κ1) is 8.70. The van der Waals surface area contributed by atoms with Gasteiger partial charge >= 0.3 is 0 Å². The lowest BCUT2D eigenvalue weighted by molar-refractivity contribution is 0.170. The summed E-state index contributed by atoms with van der Waals surface area (Å²) in [5.41, 5.74) is 0.553. The summed E-state index contributed by atoms with van der Waals surface area (Å²) >= 11 is 5.39. The van der Waals surface area contributed by atoms with Crippen molar-refractivity contribution in [3.8, 4) is 0 Å². The molecule has 0 bridgehead atoms. The second-order valence-electron chi connectivity index (χ2n) is 3.59. The molecular weight excluding hydrogens is 234 g/mol. The molecule has 1 nitrogen and oxygen atoms in total. The molecule has 1 aromatic heterocycles. The molecule has 0 aromatic carbocycles. The number of aromatic nitrogens is 1. The largest absolute Gasteiger partial charge is 0.250 e. The fourth-order valence-corrected chi connectivity index (χ4v) is 3.24. The number of rotatable bonds is 3. The van der Waals surface area contributed by atoms with Crippen LogP contribution in [0.5, 0.6) is 0 Å². The maximum absolute atomic E-state index is 4.33. The van der Waals surface area contributed by atoms with Crippen LogP contribution in [0.15, 0.2) is 11.6 Å². The molecule has 1 aromatic rings. The summed E-state index contributed by atoms with van der Waals surface area (Å²) in [4.78, 5) is 4.33. The van der Waals surface area contributed by atoms with Crippen LogP contribution in [0, 0.1) is 5.41 Å². The molecule has 2 rings (SSSR count). The summed E-state index contributed by atoms with van der Waals surface area (Å²) in [6.45, 7) is 0. The minimum Gasteiger partial charge on any atom is -0.250 e. The molecule has 1 fully saturated rings. The van der Waals surface area contributed by atoms with Crippen LogP contribution in [0.1, 0.15) is 24.3 Å². The number of hydrogen-bond acceptors (Lipinski definition) is 2. The van der Waals surface area contributed by atoms with Crippen molar-refractivity contribution >= 4 is 27.3 Å². The normalized spacial score (nSPS) is 20.4. The average molecular weight is 246 g/mol. The van der Waals surface area contributed by atoms with Crippen molar-refractivity contribution in [1.82, 2.24) is 4.98 Å². The van der Waals surface area contributed by atoms with Gasteiger partial charge in [-0.25, -0.2) is 4.98 Å². The second-order valence-corrected chi connectivity index (χ2v) is 5.13. The second kappa shape index (κ2) is 3.46. The van der Waals surface area contributed by atoms with Gasteiger partial charge in [-0.2, -0.15) is 0 Å². The highest BCUT2D eigenvalue weighted by molar-refractivity contribution is 9.09. The van der Waals surface area contributed by atoms with Gasteiger partial charge in [0.25, 0.3) is 0 Å². The van der Waals surface area contributed by atoms with Gasteiger partial charge in [0.05, 0.1) is 5.01 Å². The summed E-state index contributed by atoms with van der Waals surface area (Å²) in [6.07, 6.45) is 7.23. The Balaban J connectivity index is 2.01. The molecule has 1 aliphatic rings. The molecule has 12 heavy (non-hydrogen) atoms. The molecule has 1 aliphatic carbocycles. The number of halogens is 1. The van der Waals surface area contributed by atoms with E-state index in [9.17, 15) is 0 Å². The van der Waals surface area contributed by atoms with E-state index in [0.29, 0.717) is 5.41 Å². The van der Waals surface area contributed by atoms with Crippen molar-refractivity contribution in [1.29, 1.82) is 0 Å². The van der Waals surface area contributed by atoms with E-state index in [4.69, 9.17) is 0 Å². The van der Waals surface area contributed by atoms with Gasteiger partial charge in [0.2, 0.25) is 0 Å². The fourth-order valence-electron chi connectivity index (χ4n) is 1.70. The number of thiazole rings is 1. The summed E-state index contributed by atoms with van der Waals surface area (Å²) in [6, 6.07) is 0. The fraction of sp³-hybridized carbons (Fsp3) is 0.667. The van der Waals surface area contributed by atoms with E-state index in [1.807, 2.05) is 6.20 Å². The standard InChI is InChI=1S/C9H12BrNS/c10-7-9(2-1-3-9)6-8-11-4-5-12-8/h4-5H,1-3,6-7H2. The Morgan fingerprint density at radius 2 is 2.42 bits per heavy atom. The smallest absolute Gasteiger partial charge is 0.0930 e. The first-order valence-corrected chi connectivity index (χ1v) is 6.29. The van der Waals surface area contributed by atoms with E-state index >= 15 is 0 Å². The Bertz CT molecular complexity index is 236. The lowest BCUT2D eigenvalue weighted by atomic mass is 9.68. The Morgan fingerprint density at radius 1 is 1.58 bits per heavy atom. The van der Waals surface area contributed by atoms with Gasteiger partial charge in [-0.15, -0.1) is 11.3 Å². The highest BCUT2D eigenvalue weighted by atomic mass is 79.9. The Labute approximate surface area is 85.3 Å². The summed E-state index contributed by atoms with van der Waals surface area (Å²) < 4.78 is 0. The van der Waals surface area contributed by atoms with Crippen LogP contribution in [-0.4, -0.2) is 10.3 Å². The molecular formula is C9H12BrNS. The lowest BCUT2D eigenvalue weighted by Gasteiger charge is -2.39. The topological polar surface area (TPSA) is 12.9 Å². The van der Waals surface area contributed by atoms with Crippen LogP contribution in [0.4, 0.5) is 0 Å². The van der Waals surface area contributed by atoms with Gasteiger partial charge in [0.1, 0.15) is 0 Å². The van der Waals surface area contributed by atoms with Crippen molar-refractivity contribution in [2.45, 2.75) is 25.7 Å². The van der Waals surface area contributed by atoms with Crippen LogP contribution >= 0.6 is 27.3 Å². The monoisotopic (exact) mass is 245 g/mol. The molecule has 1 heterocycles. The number of hydrogen-bond donors (Lipinski definition) is 0. The van der Waals surface area contributed by atoms with Gasteiger partial charge in [-0.05, 0) is 18.3 Å². The zero-order valence-corrected chi connectivity index (χ0v) is 9.33. The predicted molar refractivity (Wildman–Crippen MR) is 55.9 cm³/mol. The van der Waals surface area contributed by atoms with Crippen molar-refractivity contribution in [2.75, 3.05) is 5.33 Å². The van der Waals surface area contributed by atoms with Gasteiger partial charge in [-0.3, -0.25) is 0 Å². The van der Waals surface area contributed by atoms with Crippen LogP contribution in [0.2, 0.25) is 0 Å². The third-order valence-electron chi connectivity index (χ3n) is 2.71. The van der Waals surface area contributed by atoms with Crippen molar-refractivity contribution < 1.29 is 0 Å². The lowest BCUT2D eigenvalue weighted by Crippen LogP contribution is -2.33. The van der Waals surface area contributed by atoms with Crippen LogP contribution in [0.25, 0.3) is 0 Å². The molecule has 0 amide bonds. The van der Waals surface area contributed by atoms with Crippen molar-refractivity contribution in [3.05, 3.63) is 16.6 Å². The van der Waals surface area contributed by atoms with E-state index in [2.05, 4.69) is 26.3 Å². The van der Waals surface area contributed by atoms with E-state index in [1.165, 1.54) is 30.7 Å². The molecule has 0 unspecified atom stereocenters. The SMILES string of the molecule is BrCC1(Cc2nccs2)CCC1. The van der Waals surface area contributed by atoms with Gasteiger partial charge in [0, 0.05) is 23.3 Å². The van der Waals surface area contributed by atoms with Gasteiger partial charge < -0.3 is 0 Å². The summed E-state index contributed by atoms with van der Waals surface area (Å²) in [7, 11) is 0. The molecule has 0 spiro atoms. The van der Waals surface area contributed by atoms with Gasteiger partial charge in [0.15, 0.2) is 0 Å². The van der Waals surface area contributed by atoms with Crippen LogP contribution in [-0.2, 0) is 6.42 Å². The minimum absolute atomic E-state index is 0.553. The third kappa shape index (κ3) is 1.57. The molecule has 0 N–H and O–H groups in total. The van der Waals surface area contributed by atoms with Crippen LogP contribution in [0.3, 0.4) is 0 Å². The zero-order chi connectivity index (χ0) is 8.44. The Kier molecular flexibility index (Phi) is 2.51. The first-order valence-electron chi connectivity index (χ1n) is 4.29. The van der Waals surface area contributed by atoms with E-state index < -0.39 is 0 Å². The van der Waals surface area contributed by atoms with E-state index in [0.717, 1.165) is 5.33 Å². The van der Waals surface area contributed by atoms with E-state index in [1.54, 1.807) is 11.3 Å². The molecule has 0 atom stereocenters. The molecule has 3 heteroatoms. The van der Waals surface area contributed by atoms with Crippen molar-refractivity contribution in [3.63, 3.8) is 0 Å². The van der Waals surface area contributed by atoms with E-state index in [-0.39, 0.29) is 0 Å². The average Bonchev–Trinajstić information content (AvgIpc) is 2.49. The quantitative estimate of drug-likeness (QED) is 0.746.